The minimum Gasteiger partial charge on any atom is -0.393 e. The van der Waals surface area contributed by atoms with Crippen LogP contribution >= 0.6 is 0 Å². The van der Waals surface area contributed by atoms with E-state index in [9.17, 15) is 14.7 Å². The molecule has 1 heterocycles. The fraction of sp³-hybridized carbons (Fsp3) is 0.667. The molecule has 0 aliphatic heterocycles. The van der Waals surface area contributed by atoms with E-state index in [-0.39, 0.29) is 24.1 Å². The number of aliphatic hydroxyl groups excluding tert-OH is 1. The van der Waals surface area contributed by atoms with Gasteiger partial charge in [0.05, 0.1) is 6.10 Å². The van der Waals surface area contributed by atoms with E-state index in [0.29, 0.717) is 24.8 Å². The van der Waals surface area contributed by atoms with Crippen molar-refractivity contribution in [3.05, 3.63) is 43.0 Å². The summed E-state index contributed by atoms with van der Waals surface area (Å²) in [6.07, 6.45) is 2.46. The molecule has 1 aromatic rings. The second-order valence-corrected chi connectivity index (χ2v) is 5.04. The molecule has 1 aromatic heterocycles. The van der Waals surface area contributed by atoms with Crippen LogP contribution in [0.25, 0.3) is 10.4 Å². The number of H-pyrrole nitrogens is 1. The van der Waals surface area contributed by atoms with Gasteiger partial charge in [-0.1, -0.05) is 12.0 Å². The lowest BCUT2D eigenvalue weighted by molar-refractivity contribution is 0.135. The highest BCUT2D eigenvalue weighted by molar-refractivity contribution is 5.05. The molecule has 20 heavy (non-hydrogen) atoms. The highest BCUT2D eigenvalue weighted by Crippen LogP contribution is 2.34. The van der Waals surface area contributed by atoms with Gasteiger partial charge in [0.1, 0.15) is 0 Å². The van der Waals surface area contributed by atoms with E-state index in [1.807, 2.05) is 6.92 Å². The average Bonchev–Trinajstić information content (AvgIpc) is 2.77. The van der Waals surface area contributed by atoms with Crippen molar-refractivity contribution in [2.45, 2.75) is 38.3 Å². The summed E-state index contributed by atoms with van der Waals surface area (Å²) in [4.78, 5) is 28.4. The lowest BCUT2D eigenvalue weighted by atomic mass is 10.1. The van der Waals surface area contributed by atoms with Crippen molar-refractivity contribution in [3.8, 4) is 0 Å². The standard InChI is InChI=1S/C12H17N5O3/c1-2-7-6-17(12(20)15-11(7)19)9-3-8(5-14-16-13)10(18)4-9/h6,8-10,18H,2-5H2,1H3,(H,15,19,20)/t8-,9-,10+/m1/s1. The van der Waals surface area contributed by atoms with Crippen LogP contribution in [-0.4, -0.2) is 27.3 Å². The maximum atomic E-state index is 11.9. The van der Waals surface area contributed by atoms with Gasteiger partial charge in [-0.2, -0.15) is 0 Å². The van der Waals surface area contributed by atoms with Crippen molar-refractivity contribution >= 4 is 0 Å². The van der Waals surface area contributed by atoms with Crippen molar-refractivity contribution in [2.24, 2.45) is 11.0 Å². The number of hydrogen-bond donors (Lipinski definition) is 2. The fourth-order valence-electron chi connectivity index (χ4n) is 2.69. The third-order valence-corrected chi connectivity index (χ3v) is 3.83. The van der Waals surface area contributed by atoms with Crippen molar-refractivity contribution in [2.75, 3.05) is 6.54 Å². The molecule has 1 saturated carbocycles. The molecule has 1 fully saturated rings. The Morgan fingerprint density at radius 2 is 2.30 bits per heavy atom. The molecular weight excluding hydrogens is 262 g/mol. The third-order valence-electron chi connectivity index (χ3n) is 3.83. The number of aliphatic hydroxyl groups is 1. The van der Waals surface area contributed by atoms with Crippen LogP contribution in [-0.2, 0) is 6.42 Å². The molecule has 0 aromatic carbocycles. The first-order valence-electron chi connectivity index (χ1n) is 6.60. The maximum Gasteiger partial charge on any atom is 0.328 e. The molecular formula is C12H17N5O3. The summed E-state index contributed by atoms with van der Waals surface area (Å²) < 4.78 is 1.47. The Kier molecular flexibility index (Phi) is 4.26. The van der Waals surface area contributed by atoms with E-state index in [1.165, 1.54) is 4.57 Å². The monoisotopic (exact) mass is 279 g/mol. The van der Waals surface area contributed by atoms with Crippen molar-refractivity contribution in [1.82, 2.24) is 9.55 Å². The molecule has 0 spiro atoms. The lowest BCUT2D eigenvalue weighted by Crippen LogP contribution is -2.33. The Balaban J connectivity index is 2.27. The SMILES string of the molecule is CCc1cn([C@@H]2C[C@H](CN=[N+]=[N-])[C@@H](O)C2)c(=O)[nH]c1=O. The quantitative estimate of drug-likeness (QED) is 0.479. The second-order valence-electron chi connectivity index (χ2n) is 5.04. The van der Waals surface area contributed by atoms with E-state index in [1.54, 1.807) is 6.20 Å². The first-order valence-corrected chi connectivity index (χ1v) is 6.60. The zero-order chi connectivity index (χ0) is 14.7. The van der Waals surface area contributed by atoms with Gasteiger partial charge in [-0.25, -0.2) is 4.79 Å². The number of aromatic nitrogens is 2. The number of aromatic amines is 1. The molecule has 2 N–H and O–H groups in total. The summed E-state index contributed by atoms with van der Waals surface area (Å²) >= 11 is 0. The molecule has 0 unspecified atom stereocenters. The molecule has 3 atom stereocenters. The summed E-state index contributed by atoms with van der Waals surface area (Å²) in [6, 6.07) is -0.182. The van der Waals surface area contributed by atoms with Gasteiger partial charge in [0.2, 0.25) is 0 Å². The topological polar surface area (TPSA) is 124 Å². The van der Waals surface area contributed by atoms with E-state index < -0.39 is 11.8 Å². The van der Waals surface area contributed by atoms with Crippen LogP contribution in [0.5, 0.6) is 0 Å². The fourth-order valence-corrected chi connectivity index (χ4v) is 2.69. The van der Waals surface area contributed by atoms with Crippen LogP contribution in [0.4, 0.5) is 0 Å². The summed E-state index contributed by atoms with van der Waals surface area (Å²) in [5.41, 5.74) is 8.03. The van der Waals surface area contributed by atoms with Crippen LogP contribution in [0.1, 0.15) is 31.4 Å². The van der Waals surface area contributed by atoms with Gasteiger partial charge < -0.3 is 5.11 Å². The zero-order valence-corrected chi connectivity index (χ0v) is 11.2. The second kappa shape index (κ2) is 5.94. The van der Waals surface area contributed by atoms with Gasteiger partial charge in [0.15, 0.2) is 0 Å². The van der Waals surface area contributed by atoms with Crippen molar-refractivity contribution in [3.63, 3.8) is 0 Å². The number of aryl methyl sites for hydroxylation is 1. The first kappa shape index (κ1) is 14.4. The highest BCUT2D eigenvalue weighted by Gasteiger charge is 2.34. The molecule has 0 saturated heterocycles. The van der Waals surface area contributed by atoms with Crippen LogP contribution in [0.2, 0.25) is 0 Å². The number of azide groups is 1. The number of nitrogens with zero attached hydrogens (tertiary/aromatic N) is 4. The van der Waals surface area contributed by atoms with E-state index in [4.69, 9.17) is 5.53 Å². The van der Waals surface area contributed by atoms with Gasteiger partial charge in [-0.15, -0.1) is 0 Å². The Hall–Kier alpha value is -2.05. The Bertz CT molecular complexity index is 643. The predicted octanol–water partition coefficient (Wildman–Crippen LogP) is 0.721. The Morgan fingerprint density at radius 1 is 1.55 bits per heavy atom. The molecule has 8 nitrogen and oxygen atoms in total. The normalized spacial score (nSPS) is 25.4. The average molecular weight is 279 g/mol. The van der Waals surface area contributed by atoms with Crippen molar-refractivity contribution in [1.29, 1.82) is 0 Å². The zero-order valence-electron chi connectivity index (χ0n) is 11.2. The maximum absolute atomic E-state index is 11.9. The lowest BCUT2D eigenvalue weighted by Gasteiger charge is -2.14. The summed E-state index contributed by atoms with van der Waals surface area (Å²) in [5, 5.41) is 13.4. The molecule has 0 amide bonds. The Morgan fingerprint density at radius 3 is 2.95 bits per heavy atom. The van der Waals surface area contributed by atoms with Crippen molar-refractivity contribution < 1.29 is 5.11 Å². The van der Waals surface area contributed by atoms with Crippen LogP contribution in [0.15, 0.2) is 20.9 Å². The summed E-state index contributed by atoms with van der Waals surface area (Å²) in [5.74, 6) is -0.153. The molecule has 0 bridgehead atoms. The summed E-state index contributed by atoms with van der Waals surface area (Å²) in [7, 11) is 0. The van der Waals surface area contributed by atoms with E-state index in [0.717, 1.165) is 0 Å². The van der Waals surface area contributed by atoms with Gasteiger partial charge in [-0.05, 0) is 30.7 Å². The van der Waals surface area contributed by atoms with Gasteiger partial charge >= 0.3 is 5.69 Å². The van der Waals surface area contributed by atoms with Crippen LogP contribution < -0.4 is 11.2 Å². The number of rotatable bonds is 4. The predicted molar refractivity (Wildman–Crippen MR) is 72.5 cm³/mol. The van der Waals surface area contributed by atoms with Crippen LogP contribution in [0, 0.1) is 5.92 Å². The van der Waals surface area contributed by atoms with Gasteiger partial charge in [-0.3, -0.25) is 14.3 Å². The smallest absolute Gasteiger partial charge is 0.328 e. The molecule has 1 aliphatic carbocycles. The van der Waals surface area contributed by atoms with Gasteiger partial charge in [0, 0.05) is 29.3 Å². The minimum absolute atomic E-state index is 0.153. The minimum atomic E-state index is -0.602. The van der Waals surface area contributed by atoms with Crippen LogP contribution in [0.3, 0.4) is 0 Å². The third kappa shape index (κ3) is 2.76. The number of nitrogens with one attached hydrogen (secondary N) is 1. The highest BCUT2D eigenvalue weighted by atomic mass is 16.3. The molecule has 2 rings (SSSR count). The molecule has 1 aliphatic rings. The molecule has 108 valence electrons. The largest absolute Gasteiger partial charge is 0.393 e. The van der Waals surface area contributed by atoms with E-state index >= 15 is 0 Å². The summed E-state index contributed by atoms with van der Waals surface area (Å²) in [6.45, 7) is 2.06. The van der Waals surface area contributed by atoms with E-state index in [2.05, 4.69) is 15.0 Å². The number of hydrogen-bond acceptors (Lipinski definition) is 4. The van der Waals surface area contributed by atoms with Gasteiger partial charge in [0.25, 0.3) is 5.56 Å². The molecule has 0 radical (unpaired) electrons. The Labute approximate surface area is 114 Å². The molecule has 8 heteroatoms. The first-order chi connectivity index (χ1) is 9.56.